The van der Waals surface area contributed by atoms with Gasteiger partial charge in [-0.2, -0.15) is 0 Å². The minimum absolute atomic E-state index is 0.216. The zero-order valence-corrected chi connectivity index (χ0v) is 17.2. The van der Waals surface area contributed by atoms with Gasteiger partial charge in [-0.1, -0.05) is 13.8 Å². The van der Waals surface area contributed by atoms with E-state index < -0.39 is 0 Å². The van der Waals surface area contributed by atoms with E-state index in [1.54, 1.807) is 6.07 Å². The summed E-state index contributed by atoms with van der Waals surface area (Å²) in [5, 5.41) is 5.71. The SMILES string of the molecule is CCN(CC)c1ccc(NC(=O)c2cncc(C(=O)NCCC(C)C)c2)cc1. The summed E-state index contributed by atoms with van der Waals surface area (Å²) in [5.41, 5.74) is 2.55. The molecule has 2 N–H and O–H groups in total. The van der Waals surface area contributed by atoms with Gasteiger partial charge in [-0.3, -0.25) is 14.6 Å². The summed E-state index contributed by atoms with van der Waals surface area (Å²) in [5.74, 6) is 0.00922. The number of rotatable bonds is 9. The van der Waals surface area contributed by atoms with Gasteiger partial charge in [-0.05, 0) is 56.5 Å². The number of carbonyl (C=O) groups excluding carboxylic acids is 2. The van der Waals surface area contributed by atoms with Gasteiger partial charge in [0.2, 0.25) is 0 Å². The molecule has 1 heterocycles. The van der Waals surface area contributed by atoms with Crippen LogP contribution in [-0.2, 0) is 0 Å². The molecular weight excluding hydrogens is 352 g/mol. The first-order valence-electron chi connectivity index (χ1n) is 9.84. The average molecular weight is 383 g/mol. The summed E-state index contributed by atoms with van der Waals surface area (Å²) < 4.78 is 0. The van der Waals surface area contributed by atoms with Gasteiger partial charge < -0.3 is 15.5 Å². The summed E-state index contributed by atoms with van der Waals surface area (Å²) in [6.45, 7) is 10.9. The van der Waals surface area contributed by atoms with E-state index in [1.807, 2.05) is 24.3 Å². The number of pyridine rings is 1. The molecule has 150 valence electrons. The molecule has 0 fully saturated rings. The van der Waals surface area contributed by atoms with Crippen molar-refractivity contribution in [3.05, 3.63) is 53.9 Å². The Balaban J connectivity index is 2.01. The predicted octanol–water partition coefficient (Wildman–Crippen LogP) is 3.96. The molecule has 2 amide bonds. The molecule has 0 spiro atoms. The molecule has 0 bridgehead atoms. The van der Waals surface area contributed by atoms with Crippen LogP contribution in [0.1, 0.15) is 54.8 Å². The van der Waals surface area contributed by atoms with Gasteiger partial charge in [-0.25, -0.2) is 0 Å². The van der Waals surface area contributed by atoms with Crippen molar-refractivity contribution in [3.8, 4) is 0 Å². The number of nitrogens with zero attached hydrogens (tertiary/aromatic N) is 2. The largest absolute Gasteiger partial charge is 0.372 e. The highest BCUT2D eigenvalue weighted by molar-refractivity contribution is 6.05. The summed E-state index contributed by atoms with van der Waals surface area (Å²) in [6.07, 6.45) is 3.84. The number of hydrogen-bond donors (Lipinski definition) is 2. The van der Waals surface area contributed by atoms with Crippen molar-refractivity contribution in [1.82, 2.24) is 10.3 Å². The van der Waals surface area contributed by atoms with Gasteiger partial charge in [-0.15, -0.1) is 0 Å². The summed E-state index contributed by atoms with van der Waals surface area (Å²) >= 11 is 0. The molecule has 2 rings (SSSR count). The lowest BCUT2D eigenvalue weighted by Gasteiger charge is -2.21. The van der Waals surface area contributed by atoms with Crippen molar-refractivity contribution >= 4 is 23.2 Å². The molecule has 2 aromatic rings. The Kier molecular flexibility index (Phi) is 7.99. The number of anilines is 2. The van der Waals surface area contributed by atoms with Gasteiger partial charge in [0, 0.05) is 43.4 Å². The number of hydrogen-bond acceptors (Lipinski definition) is 4. The number of amides is 2. The fourth-order valence-corrected chi connectivity index (χ4v) is 2.81. The molecule has 6 heteroatoms. The minimum atomic E-state index is -0.292. The van der Waals surface area contributed by atoms with Gasteiger partial charge in [0.1, 0.15) is 0 Å². The highest BCUT2D eigenvalue weighted by Gasteiger charge is 2.12. The third-order valence-electron chi connectivity index (χ3n) is 4.52. The lowest BCUT2D eigenvalue weighted by molar-refractivity contribution is 0.0951. The Labute approximate surface area is 167 Å². The van der Waals surface area contributed by atoms with Crippen LogP contribution in [0.2, 0.25) is 0 Å². The number of aromatic nitrogens is 1. The van der Waals surface area contributed by atoms with E-state index in [0.29, 0.717) is 29.3 Å². The summed E-state index contributed by atoms with van der Waals surface area (Å²) in [4.78, 5) is 31.0. The minimum Gasteiger partial charge on any atom is -0.372 e. The molecule has 6 nitrogen and oxygen atoms in total. The van der Waals surface area contributed by atoms with E-state index in [2.05, 4.69) is 48.2 Å². The van der Waals surface area contributed by atoms with Crippen molar-refractivity contribution in [2.45, 2.75) is 34.1 Å². The molecule has 28 heavy (non-hydrogen) atoms. The zero-order chi connectivity index (χ0) is 20.5. The first-order valence-corrected chi connectivity index (χ1v) is 9.84. The third kappa shape index (κ3) is 6.08. The number of carbonyl (C=O) groups is 2. The number of nitrogens with one attached hydrogen (secondary N) is 2. The van der Waals surface area contributed by atoms with Crippen molar-refractivity contribution in [1.29, 1.82) is 0 Å². The molecule has 0 saturated carbocycles. The highest BCUT2D eigenvalue weighted by Crippen LogP contribution is 2.18. The molecular formula is C22H30N4O2. The lowest BCUT2D eigenvalue weighted by atomic mass is 10.1. The van der Waals surface area contributed by atoms with E-state index >= 15 is 0 Å². The molecule has 0 aliphatic rings. The summed E-state index contributed by atoms with van der Waals surface area (Å²) in [7, 11) is 0. The first-order chi connectivity index (χ1) is 13.4. The maximum absolute atomic E-state index is 12.5. The fourth-order valence-electron chi connectivity index (χ4n) is 2.81. The van der Waals surface area contributed by atoms with Crippen molar-refractivity contribution in [2.75, 3.05) is 29.9 Å². The van der Waals surface area contributed by atoms with Crippen molar-refractivity contribution in [3.63, 3.8) is 0 Å². The number of benzene rings is 1. The van der Waals surface area contributed by atoms with Crippen LogP contribution in [0, 0.1) is 5.92 Å². The second-order valence-electron chi connectivity index (χ2n) is 7.07. The smallest absolute Gasteiger partial charge is 0.257 e. The van der Waals surface area contributed by atoms with E-state index in [9.17, 15) is 9.59 Å². The van der Waals surface area contributed by atoms with Crippen LogP contribution in [0.25, 0.3) is 0 Å². The third-order valence-corrected chi connectivity index (χ3v) is 4.52. The Morgan fingerprint density at radius 3 is 2.18 bits per heavy atom. The topological polar surface area (TPSA) is 74.3 Å². The maximum atomic E-state index is 12.5. The molecule has 0 saturated heterocycles. The second kappa shape index (κ2) is 10.4. The fraction of sp³-hybridized carbons (Fsp3) is 0.409. The van der Waals surface area contributed by atoms with Crippen LogP contribution in [0.3, 0.4) is 0 Å². The zero-order valence-electron chi connectivity index (χ0n) is 17.2. The lowest BCUT2D eigenvalue weighted by Crippen LogP contribution is -2.26. The standard InChI is InChI=1S/C22H30N4O2/c1-5-26(6-2)20-9-7-19(8-10-20)25-22(28)18-13-17(14-23-15-18)21(27)24-12-11-16(3)4/h7-10,13-16H,5-6,11-12H2,1-4H3,(H,24,27)(H,25,28). The predicted molar refractivity (Wildman–Crippen MR) is 114 cm³/mol. The monoisotopic (exact) mass is 382 g/mol. The maximum Gasteiger partial charge on any atom is 0.257 e. The van der Waals surface area contributed by atoms with Gasteiger partial charge >= 0.3 is 0 Å². The normalized spacial score (nSPS) is 10.6. The van der Waals surface area contributed by atoms with Crippen molar-refractivity contribution in [2.24, 2.45) is 5.92 Å². The van der Waals surface area contributed by atoms with Gasteiger partial charge in [0.15, 0.2) is 0 Å². The van der Waals surface area contributed by atoms with Crippen LogP contribution in [0.4, 0.5) is 11.4 Å². The molecule has 1 aromatic heterocycles. The second-order valence-corrected chi connectivity index (χ2v) is 7.07. The van der Waals surface area contributed by atoms with Crippen LogP contribution >= 0.6 is 0 Å². The Morgan fingerprint density at radius 2 is 1.61 bits per heavy atom. The van der Waals surface area contributed by atoms with E-state index in [1.165, 1.54) is 12.4 Å². The molecule has 0 aliphatic carbocycles. The van der Waals surface area contributed by atoms with Crippen LogP contribution in [0.5, 0.6) is 0 Å². The molecule has 0 aliphatic heterocycles. The summed E-state index contributed by atoms with van der Waals surface area (Å²) in [6, 6.07) is 9.29. The Bertz CT molecular complexity index is 783. The van der Waals surface area contributed by atoms with Crippen molar-refractivity contribution < 1.29 is 9.59 Å². The van der Waals surface area contributed by atoms with Crippen LogP contribution < -0.4 is 15.5 Å². The molecule has 1 aromatic carbocycles. The molecule has 0 unspecified atom stereocenters. The Hall–Kier alpha value is -2.89. The van der Waals surface area contributed by atoms with Gasteiger partial charge in [0.05, 0.1) is 11.1 Å². The first kappa shape index (κ1) is 21.4. The van der Waals surface area contributed by atoms with E-state index in [0.717, 1.165) is 25.2 Å². The Morgan fingerprint density at radius 1 is 1.00 bits per heavy atom. The van der Waals surface area contributed by atoms with Crippen LogP contribution in [0.15, 0.2) is 42.7 Å². The highest BCUT2D eigenvalue weighted by atomic mass is 16.2. The van der Waals surface area contributed by atoms with Crippen LogP contribution in [-0.4, -0.2) is 36.4 Å². The average Bonchev–Trinajstić information content (AvgIpc) is 2.70. The molecule has 0 atom stereocenters. The van der Waals surface area contributed by atoms with E-state index in [4.69, 9.17) is 0 Å². The molecule has 0 radical (unpaired) electrons. The van der Waals surface area contributed by atoms with E-state index in [-0.39, 0.29) is 11.8 Å². The van der Waals surface area contributed by atoms with Gasteiger partial charge in [0.25, 0.3) is 11.8 Å². The quantitative estimate of drug-likeness (QED) is 0.688.